The fourth-order valence-corrected chi connectivity index (χ4v) is 4.55. The lowest BCUT2D eigenvalue weighted by molar-refractivity contribution is 0.0943. The number of hydrogen-bond acceptors (Lipinski definition) is 3. The van der Waals surface area contributed by atoms with Gasteiger partial charge < -0.3 is 10.4 Å². The van der Waals surface area contributed by atoms with Crippen molar-refractivity contribution in [2.45, 2.75) is 44.1 Å². The van der Waals surface area contributed by atoms with Gasteiger partial charge in [0.2, 0.25) is 0 Å². The highest BCUT2D eigenvalue weighted by atomic mass is 32.1. The van der Waals surface area contributed by atoms with Gasteiger partial charge in [0.25, 0.3) is 5.91 Å². The number of carbonyl (C=O) groups excluding carboxylic acids is 1. The maximum absolute atomic E-state index is 12.3. The molecular weight excluding hydrogens is 306 g/mol. The number of rotatable bonds is 5. The third kappa shape index (κ3) is 3.48. The summed E-state index contributed by atoms with van der Waals surface area (Å²) in [4.78, 5) is 14.6. The summed E-state index contributed by atoms with van der Waals surface area (Å²) in [5, 5.41) is 12.9. The molecule has 2 N–H and O–H groups in total. The van der Waals surface area contributed by atoms with Gasteiger partial charge in [-0.05, 0) is 44.0 Å². The molecule has 1 aromatic heterocycles. The van der Waals surface area contributed by atoms with Crippen LogP contribution in [0.4, 0.5) is 0 Å². The highest BCUT2D eigenvalue weighted by Gasteiger charge is 2.37. The minimum atomic E-state index is -0.425. The van der Waals surface area contributed by atoms with Crippen molar-refractivity contribution in [2.75, 3.05) is 6.54 Å². The predicted molar refractivity (Wildman–Crippen MR) is 93.9 cm³/mol. The third-order valence-corrected chi connectivity index (χ3v) is 6.25. The zero-order valence-electron chi connectivity index (χ0n) is 13.4. The van der Waals surface area contributed by atoms with E-state index in [0.717, 1.165) is 17.7 Å². The Labute approximate surface area is 141 Å². The zero-order chi connectivity index (χ0) is 16.3. The number of amides is 1. The number of aliphatic hydroxyl groups excluding tert-OH is 1. The first kappa shape index (κ1) is 16.2. The van der Waals surface area contributed by atoms with Crippen LogP contribution in [0, 0.1) is 0 Å². The van der Waals surface area contributed by atoms with Crippen molar-refractivity contribution >= 4 is 17.2 Å². The predicted octanol–water partition coefficient (Wildman–Crippen LogP) is 4.04. The molecule has 1 atom stereocenters. The smallest absolute Gasteiger partial charge is 0.251 e. The van der Waals surface area contributed by atoms with E-state index in [2.05, 4.69) is 11.4 Å². The van der Waals surface area contributed by atoms with Crippen molar-refractivity contribution in [1.29, 1.82) is 0 Å². The van der Waals surface area contributed by atoms with Gasteiger partial charge in [0, 0.05) is 27.3 Å². The van der Waals surface area contributed by atoms with Gasteiger partial charge in [-0.3, -0.25) is 4.79 Å². The standard InChI is InChI=1S/C19H23NO2S/c1-14(21)16-9-10-17(23-16)19(11-5-6-12-19)13-20-18(22)15-7-3-2-4-8-15/h2-4,7-10,14,21H,5-6,11-13H2,1H3,(H,20,22). The lowest BCUT2D eigenvalue weighted by Crippen LogP contribution is -2.38. The Kier molecular flexibility index (Phi) is 4.83. The van der Waals surface area contributed by atoms with E-state index in [1.54, 1.807) is 18.3 Å². The molecule has 1 saturated carbocycles. The van der Waals surface area contributed by atoms with E-state index in [1.807, 2.05) is 36.4 Å². The SMILES string of the molecule is CC(O)c1ccc(C2(CNC(=O)c3ccccc3)CCCC2)s1. The number of benzene rings is 1. The molecule has 4 heteroatoms. The molecule has 1 aromatic carbocycles. The maximum Gasteiger partial charge on any atom is 0.251 e. The molecule has 0 radical (unpaired) electrons. The van der Waals surface area contributed by atoms with Crippen LogP contribution < -0.4 is 5.32 Å². The molecule has 0 saturated heterocycles. The topological polar surface area (TPSA) is 49.3 Å². The van der Waals surface area contributed by atoms with Crippen LogP contribution in [-0.4, -0.2) is 17.6 Å². The first-order valence-electron chi connectivity index (χ1n) is 8.22. The molecule has 1 aliphatic carbocycles. The second-order valence-electron chi connectivity index (χ2n) is 6.41. The second kappa shape index (κ2) is 6.85. The van der Waals surface area contributed by atoms with Gasteiger partial charge >= 0.3 is 0 Å². The first-order valence-corrected chi connectivity index (χ1v) is 9.04. The van der Waals surface area contributed by atoms with Crippen molar-refractivity contribution in [3.8, 4) is 0 Å². The highest BCUT2D eigenvalue weighted by Crippen LogP contribution is 2.44. The number of hydrogen-bond donors (Lipinski definition) is 2. The number of thiophene rings is 1. The van der Waals surface area contributed by atoms with Crippen LogP contribution >= 0.6 is 11.3 Å². The van der Waals surface area contributed by atoms with E-state index in [9.17, 15) is 9.90 Å². The minimum absolute atomic E-state index is 0.0100. The van der Waals surface area contributed by atoms with Crippen LogP contribution in [0.5, 0.6) is 0 Å². The van der Waals surface area contributed by atoms with Crippen molar-refractivity contribution < 1.29 is 9.90 Å². The molecule has 3 rings (SSSR count). The summed E-state index contributed by atoms with van der Waals surface area (Å²) in [7, 11) is 0. The molecule has 1 fully saturated rings. The fraction of sp³-hybridized carbons (Fsp3) is 0.421. The molecule has 23 heavy (non-hydrogen) atoms. The van der Waals surface area contributed by atoms with Crippen molar-refractivity contribution in [3.63, 3.8) is 0 Å². The van der Waals surface area contributed by atoms with Gasteiger partial charge in [-0.25, -0.2) is 0 Å². The Bertz CT molecular complexity index is 657. The Hall–Kier alpha value is -1.65. The summed E-state index contributed by atoms with van der Waals surface area (Å²) < 4.78 is 0. The molecule has 1 aliphatic rings. The van der Waals surface area contributed by atoms with Gasteiger partial charge in [-0.1, -0.05) is 31.0 Å². The number of nitrogens with one attached hydrogen (secondary N) is 1. The van der Waals surface area contributed by atoms with Crippen LogP contribution in [0.25, 0.3) is 0 Å². The van der Waals surface area contributed by atoms with Crippen molar-refractivity contribution in [1.82, 2.24) is 5.32 Å². The Morgan fingerprint density at radius 1 is 1.22 bits per heavy atom. The molecule has 3 nitrogen and oxygen atoms in total. The summed E-state index contributed by atoms with van der Waals surface area (Å²) in [6, 6.07) is 13.5. The minimum Gasteiger partial charge on any atom is -0.388 e. The third-order valence-electron chi connectivity index (χ3n) is 4.75. The number of aliphatic hydroxyl groups is 1. The summed E-state index contributed by atoms with van der Waals surface area (Å²) >= 11 is 1.68. The molecule has 1 amide bonds. The number of carbonyl (C=O) groups is 1. The van der Waals surface area contributed by atoms with Crippen LogP contribution in [0.3, 0.4) is 0 Å². The van der Waals surface area contributed by atoms with Crippen molar-refractivity contribution in [2.24, 2.45) is 0 Å². The van der Waals surface area contributed by atoms with E-state index >= 15 is 0 Å². The highest BCUT2D eigenvalue weighted by molar-refractivity contribution is 7.12. The Morgan fingerprint density at radius 3 is 2.52 bits per heavy atom. The molecule has 1 heterocycles. The average molecular weight is 329 g/mol. The van der Waals surface area contributed by atoms with Gasteiger partial charge in [-0.2, -0.15) is 0 Å². The van der Waals surface area contributed by atoms with E-state index in [1.165, 1.54) is 17.7 Å². The fourth-order valence-electron chi connectivity index (χ4n) is 3.37. The van der Waals surface area contributed by atoms with E-state index in [4.69, 9.17) is 0 Å². The summed E-state index contributed by atoms with van der Waals surface area (Å²) in [6.07, 6.45) is 4.17. The molecule has 2 aromatic rings. The van der Waals surface area contributed by atoms with Crippen LogP contribution in [0.2, 0.25) is 0 Å². The molecular formula is C19H23NO2S. The van der Waals surface area contributed by atoms with Crippen molar-refractivity contribution in [3.05, 3.63) is 57.8 Å². The first-order chi connectivity index (χ1) is 11.1. The average Bonchev–Trinajstić information content (AvgIpc) is 3.23. The van der Waals surface area contributed by atoms with Crippen LogP contribution in [0.1, 0.15) is 58.8 Å². The Morgan fingerprint density at radius 2 is 1.91 bits per heavy atom. The monoisotopic (exact) mass is 329 g/mol. The lowest BCUT2D eigenvalue weighted by atomic mass is 9.84. The zero-order valence-corrected chi connectivity index (χ0v) is 14.2. The van der Waals surface area contributed by atoms with E-state index < -0.39 is 6.10 Å². The van der Waals surface area contributed by atoms with E-state index in [0.29, 0.717) is 12.1 Å². The largest absolute Gasteiger partial charge is 0.388 e. The normalized spacial score (nSPS) is 17.8. The summed E-state index contributed by atoms with van der Waals surface area (Å²) in [5.74, 6) is -0.0100. The molecule has 0 aliphatic heterocycles. The molecule has 0 spiro atoms. The lowest BCUT2D eigenvalue weighted by Gasteiger charge is -2.28. The van der Waals surface area contributed by atoms with Gasteiger partial charge in [0.15, 0.2) is 0 Å². The summed E-state index contributed by atoms with van der Waals surface area (Å²) in [6.45, 7) is 2.47. The van der Waals surface area contributed by atoms with Gasteiger partial charge in [0.05, 0.1) is 6.10 Å². The van der Waals surface area contributed by atoms with E-state index in [-0.39, 0.29) is 11.3 Å². The van der Waals surface area contributed by atoms with Crippen LogP contribution in [-0.2, 0) is 5.41 Å². The quantitative estimate of drug-likeness (QED) is 0.869. The maximum atomic E-state index is 12.3. The van der Waals surface area contributed by atoms with Crippen LogP contribution in [0.15, 0.2) is 42.5 Å². The molecule has 122 valence electrons. The second-order valence-corrected chi connectivity index (χ2v) is 7.53. The molecule has 0 bridgehead atoms. The molecule has 1 unspecified atom stereocenters. The Balaban J connectivity index is 1.75. The van der Waals surface area contributed by atoms with Gasteiger partial charge in [-0.15, -0.1) is 11.3 Å². The van der Waals surface area contributed by atoms with Gasteiger partial charge in [0.1, 0.15) is 0 Å². The summed E-state index contributed by atoms with van der Waals surface area (Å²) in [5.41, 5.74) is 0.735.